The van der Waals surface area contributed by atoms with E-state index in [9.17, 15) is 28.8 Å². The molecule has 0 aromatic carbocycles. The summed E-state index contributed by atoms with van der Waals surface area (Å²) in [5, 5.41) is 16.0. The second-order valence-electron chi connectivity index (χ2n) is 9.29. The third-order valence-corrected chi connectivity index (χ3v) is 83.9. The van der Waals surface area contributed by atoms with Crippen LogP contribution in [0.15, 0.2) is 0 Å². The maximum absolute atomic E-state index is 10.8. The first-order valence-electron chi connectivity index (χ1n) is 17.9. The number of thioether (sulfide) groups is 2. The highest BCUT2D eigenvalue weighted by atomic mass is 36.0. The second-order valence-corrected chi connectivity index (χ2v) is 80.5. The minimum atomic E-state index is -1.67. The van der Waals surface area contributed by atoms with Crippen molar-refractivity contribution in [1.29, 1.82) is 0 Å². The van der Waals surface area contributed by atoms with Crippen molar-refractivity contribution >= 4 is 496 Å². The lowest BCUT2D eigenvalue weighted by molar-refractivity contribution is -0.139. The molecule has 0 spiro atoms. The third-order valence-electron chi connectivity index (χ3n) is 4.47. The van der Waals surface area contributed by atoms with Gasteiger partial charge in [0.15, 0.2) is 10.2 Å². The van der Waals surface area contributed by atoms with Gasteiger partial charge >= 0.3 is 11.9 Å². The molecular formula is C23H42Cl4O9S45. The van der Waals surface area contributed by atoms with Crippen LogP contribution in [0.25, 0.3) is 0 Å². The van der Waals surface area contributed by atoms with Gasteiger partial charge in [-0.05, 0) is 80.0 Å². The second kappa shape index (κ2) is 103. The number of halogens is 4. The van der Waals surface area contributed by atoms with E-state index in [0.717, 1.165) is 18.6 Å². The van der Waals surface area contributed by atoms with Crippen molar-refractivity contribution in [3.63, 3.8) is 0 Å². The molecule has 0 aliphatic rings. The number of thiol groups is 1. The van der Waals surface area contributed by atoms with Crippen LogP contribution in [0.5, 0.6) is 0 Å². The normalized spacial score (nSPS) is 8.16. The molecule has 0 bridgehead atoms. The lowest BCUT2D eigenvalue weighted by Crippen LogP contribution is -1.97. The van der Waals surface area contributed by atoms with Crippen molar-refractivity contribution in [2.45, 2.75) is 91.4 Å². The minimum absolute atomic E-state index is 0. The van der Waals surface area contributed by atoms with Crippen LogP contribution in [-0.4, -0.2) is 65.3 Å². The van der Waals surface area contributed by atoms with Gasteiger partial charge in [0, 0.05) is 433 Å². The highest BCUT2D eigenvalue weighted by Gasteiger charge is 2.02. The Balaban J connectivity index is -0.000000137. The molecule has 81 heavy (non-hydrogen) atoms. The molecular weight excluding hydrogens is 2010 g/mol. The van der Waals surface area contributed by atoms with Crippen molar-refractivity contribution in [2.24, 2.45) is 0 Å². The first-order valence-corrected chi connectivity index (χ1v) is 76.5. The molecule has 0 aliphatic carbocycles. The lowest BCUT2D eigenvalue weighted by atomic mass is 10.2. The SMILES string of the molecule is C.CCS.CSC(=O)CCCCC(=O)SC.O=C(Cl)CCCCC(=O)Cl.O=C(O)CCCCC(=O)O.O=S(Cl)Cl.S=S=S=S=S=S=S=S=S=S=S=S=S=S=S=S=S=S=S=S.S=S=S=S=S=S=S=S=S=S=S=S=S=S=S=S=S=S=S=S=S. The molecule has 0 fully saturated rings. The van der Waals surface area contributed by atoms with E-state index in [1.165, 1.54) is 59.0 Å². The molecule has 0 aromatic rings. The number of carboxylic acid groups (broad SMARTS) is 2. The Morgan fingerprint density at radius 2 is 0.506 bits per heavy atom. The Hall–Kier alpha value is 9.00. The van der Waals surface area contributed by atoms with E-state index in [0.29, 0.717) is 51.4 Å². The van der Waals surface area contributed by atoms with Crippen molar-refractivity contribution in [3.05, 3.63) is 0 Å². The van der Waals surface area contributed by atoms with Gasteiger partial charge in [-0.15, -0.1) is 0 Å². The predicted molar refractivity (Wildman–Crippen MR) is 478 cm³/mol. The maximum Gasteiger partial charge on any atom is 0.303 e. The van der Waals surface area contributed by atoms with Crippen LogP contribution in [0.1, 0.15) is 91.4 Å². The zero-order valence-electron chi connectivity index (χ0n) is 38.9. The number of carboxylic acids is 2. The first-order chi connectivity index (χ1) is 38.4. The van der Waals surface area contributed by atoms with Gasteiger partial charge in [-0.25, -0.2) is 4.21 Å². The third kappa shape index (κ3) is 141. The summed E-state index contributed by atoms with van der Waals surface area (Å²) < 4.78 is 9.09. The average Bonchev–Trinajstić information content (AvgIpc) is 3.41. The summed E-state index contributed by atoms with van der Waals surface area (Å²) in [6.45, 7) is 1.99. The maximum atomic E-state index is 10.8. The fraction of sp³-hybridized carbons (Fsp3) is 0.739. The molecule has 2 N–H and O–H groups in total. The molecule has 0 aromatic heterocycles. The molecule has 486 valence electrons. The van der Waals surface area contributed by atoms with Crippen LogP contribution in [0.2, 0.25) is 0 Å². The van der Waals surface area contributed by atoms with Crippen LogP contribution in [-0.2, 0) is 411 Å². The lowest BCUT2D eigenvalue weighted by Gasteiger charge is -1.96. The van der Waals surface area contributed by atoms with Gasteiger partial charge < -0.3 is 10.2 Å². The van der Waals surface area contributed by atoms with Gasteiger partial charge in [-0.3, -0.25) is 28.8 Å². The highest BCUT2D eigenvalue weighted by molar-refractivity contribution is 8.80. The summed E-state index contributed by atoms with van der Waals surface area (Å²) in [6, 6.07) is 0. The number of unbranched alkanes of at least 4 members (excludes halogenated alkanes) is 3. The molecule has 0 aliphatic heterocycles. The Labute approximate surface area is 634 Å². The predicted octanol–water partition coefficient (Wildman–Crippen LogP) is 7.64. The molecule has 0 heterocycles. The quantitative estimate of drug-likeness (QED) is 0.0834. The topological polar surface area (TPSA) is 160 Å². The number of aliphatic carboxylic acids is 2. The molecule has 0 unspecified atom stereocenters. The molecule has 9 nitrogen and oxygen atoms in total. The van der Waals surface area contributed by atoms with Gasteiger partial charge in [0.1, 0.15) is 0 Å². The number of carbonyl (C=O) groups excluding carboxylic acids is 4. The zero-order valence-corrected chi connectivity index (χ0v) is 78.7. The van der Waals surface area contributed by atoms with Crippen molar-refractivity contribution in [3.8, 4) is 0 Å². The van der Waals surface area contributed by atoms with E-state index in [1.54, 1.807) is 306 Å². The first kappa shape index (κ1) is 106. The number of carbonyl (C=O) groups is 6. The van der Waals surface area contributed by atoms with Crippen molar-refractivity contribution in [1.82, 2.24) is 0 Å². The van der Waals surface area contributed by atoms with E-state index in [-0.39, 0.29) is 41.0 Å². The molecule has 0 amide bonds. The van der Waals surface area contributed by atoms with E-state index >= 15 is 0 Å². The fourth-order valence-electron chi connectivity index (χ4n) is 2.20. The van der Waals surface area contributed by atoms with E-state index in [4.69, 9.17) is 82.4 Å². The van der Waals surface area contributed by atoms with Gasteiger partial charge in [0.2, 0.25) is 19.7 Å². The summed E-state index contributed by atoms with van der Waals surface area (Å²) >= 11 is 35.4. The highest BCUT2D eigenvalue weighted by Crippen LogP contribution is 2.10. The van der Waals surface area contributed by atoms with Crippen LogP contribution in [0.4, 0.5) is 0 Å². The molecule has 0 radical (unpaired) electrons. The Bertz CT molecular complexity index is 3400. The summed E-state index contributed by atoms with van der Waals surface area (Å²) in [5.74, 6) is -0.796. The summed E-state index contributed by atoms with van der Waals surface area (Å²) in [7, 11) is 70.8. The van der Waals surface area contributed by atoms with Crippen LogP contribution in [0, 0.1) is 0 Å². The van der Waals surface area contributed by atoms with Gasteiger partial charge in [-0.2, -0.15) is 12.6 Å². The number of rotatable bonds is 15. The molecule has 0 saturated heterocycles. The monoisotopic (exact) mass is 2040 g/mol. The van der Waals surface area contributed by atoms with E-state index in [1.807, 2.05) is 6.92 Å². The Morgan fingerprint density at radius 3 is 0.630 bits per heavy atom. The van der Waals surface area contributed by atoms with E-state index < -0.39 is 21.2 Å². The molecule has 0 rings (SSSR count). The van der Waals surface area contributed by atoms with Gasteiger partial charge in [-0.1, -0.05) is 37.9 Å². The van der Waals surface area contributed by atoms with Gasteiger partial charge in [0.05, 0.1) is 0 Å². The number of hydrogen-bond acceptors (Lipinski definition) is 14. The summed E-state index contributed by atoms with van der Waals surface area (Å²) in [4.78, 5) is 61.7. The van der Waals surface area contributed by atoms with Gasteiger partial charge in [0.25, 0.3) is 0 Å². The molecule has 0 atom stereocenters. The van der Waals surface area contributed by atoms with Crippen LogP contribution in [0.3, 0.4) is 0 Å². The number of hydrogen-bond donors (Lipinski definition) is 3. The molecule has 0 saturated carbocycles. The average molecular weight is 2050 g/mol. The molecule has 58 heteroatoms. The Kier molecular flexibility index (Phi) is 134. The van der Waals surface area contributed by atoms with Crippen molar-refractivity contribution in [2.75, 3.05) is 18.3 Å². The smallest absolute Gasteiger partial charge is 0.303 e. The standard InChI is InChI=1S/C8H14O2S2.C6H8Cl2O2.C6H10O4.C2H6S.CH4.Cl2OS.S21.S20/c1-11-7(9)5-3-4-6-8(10)12-2;7-5(9)3-1-2-4-6(8)10;7-5(8)3-1-2-4-6(9)10;1-2-3;;1-4(2)3;1-3-5-7-9-11-13-15-17-19-21-20-18-16-14-12-10-8-6-4-2;1-3-5-7-9-11-13-15-17-19-20-18-16-14-12-10-8-6-4-2/h3-6H2,1-2H3;1-4H2;1-4H2,(H,7,8)(H,9,10);3H,2H2,1H3;1H4;;;. The van der Waals surface area contributed by atoms with Crippen molar-refractivity contribution < 1.29 is 43.2 Å². The van der Waals surface area contributed by atoms with Crippen LogP contribution < -0.4 is 0 Å². The minimum Gasteiger partial charge on any atom is -0.481 e. The fourth-order valence-corrected chi connectivity index (χ4v) is 93.7. The van der Waals surface area contributed by atoms with E-state index in [2.05, 4.69) is 34.0 Å². The zero-order chi connectivity index (χ0) is 61.8. The largest absolute Gasteiger partial charge is 0.481 e. The van der Waals surface area contributed by atoms with Crippen LogP contribution >= 0.6 is 80.7 Å². The summed E-state index contributed by atoms with van der Waals surface area (Å²) in [5.41, 5.74) is 0. The Morgan fingerprint density at radius 1 is 0.370 bits per heavy atom. The summed E-state index contributed by atoms with van der Waals surface area (Å²) in [6.07, 6.45) is 9.40.